The zero-order valence-electron chi connectivity index (χ0n) is 31.3. The first-order valence-corrected chi connectivity index (χ1v) is 20.6. The van der Waals surface area contributed by atoms with Gasteiger partial charge in [0.1, 0.15) is 12.7 Å². The molecule has 0 amide bonds. The Labute approximate surface area is 302 Å². The molecule has 0 aliphatic carbocycles. The summed E-state index contributed by atoms with van der Waals surface area (Å²) >= 11 is 0. The molecule has 0 aromatic carbocycles. The highest BCUT2D eigenvalue weighted by Gasteiger charge is 2.27. The van der Waals surface area contributed by atoms with E-state index < -0.39 is 51.8 Å². The number of phosphoric ester groups is 1. The summed E-state index contributed by atoms with van der Waals surface area (Å²) < 4.78 is 32.5. The second-order valence-electron chi connectivity index (χ2n) is 13.5. The SMILES string of the molecule is CCCCCC(=O)/C=C/C=C\CCCCCCCC(=O)OC[C@H](COP(=O)(O)OC[C@@H](O)CO)OC(=O)CCCCCCCCCCC(C)C. The van der Waals surface area contributed by atoms with Gasteiger partial charge in [-0.05, 0) is 44.1 Å². The normalized spacial score (nSPS) is 14.3. The van der Waals surface area contributed by atoms with Crippen LogP contribution in [-0.4, -0.2) is 71.5 Å². The van der Waals surface area contributed by atoms with E-state index in [1.54, 1.807) is 12.2 Å². The molecule has 3 atom stereocenters. The highest BCUT2D eigenvalue weighted by molar-refractivity contribution is 7.47. The van der Waals surface area contributed by atoms with Crippen LogP contribution in [0.4, 0.5) is 0 Å². The number of ketones is 1. The van der Waals surface area contributed by atoms with Crippen molar-refractivity contribution in [3.63, 3.8) is 0 Å². The summed E-state index contributed by atoms with van der Waals surface area (Å²) in [6.07, 6.45) is 24.3. The van der Waals surface area contributed by atoms with Crippen molar-refractivity contribution in [2.45, 2.75) is 168 Å². The first kappa shape index (κ1) is 48.1. The van der Waals surface area contributed by atoms with Crippen LogP contribution in [0.25, 0.3) is 0 Å². The molecule has 0 rings (SSSR count). The second kappa shape index (κ2) is 33.0. The third kappa shape index (κ3) is 33.3. The summed E-state index contributed by atoms with van der Waals surface area (Å²) in [7, 11) is -4.63. The van der Waals surface area contributed by atoms with Gasteiger partial charge in [0.15, 0.2) is 11.9 Å². The van der Waals surface area contributed by atoms with E-state index in [9.17, 15) is 28.9 Å². The predicted octanol–water partition coefficient (Wildman–Crippen LogP) is 8.48. The quantitative estimate of drug-likeness (QED) is 0.0188. The Hall–Kier alpha value is -1.88. The van der Waals surface area contributed by atoms with Crippen molar-refractivity contribution in [2.24, 2.45) is 5.92 Å². The zero-order chi connectivity index (χ0) is 37.3. The third-order valence-corrected chi connectivity index (χ3v) is 8.96. The van der Waals surface area contributed by atoms with Crippen LogP contribution in [-0.2, 0) is 37.5 Å². The molecular weight excluding hydrogens is 663 g/mol. The highest BCUT2D eigenvalue weighted by atomic mass is 31.2. The van der Waals surface area contributed by atoms with Crippen molar-refractivity contribution < 1.29 is 52.6 Å². The number of hydrogen-bond acceptors (Lipinski definition) is 10. The molecule has 12 heteroatoms. The molecule has 0 heterocycles. The molecule has 0 aromatic heterocycles. The Morgan fingerprint density at radius 3 is 1.88 bits per heavy atom. The summed E-state index contributed by atoms with van der Waals surface area (Å²) in [5, 5.41) is 18.3. The zero-order valence-corrected chi connectivity index (χ0v) is 32.2. The molecule has 11 nitrogen and oxygen atoms in total. The van der Waals surface area contributed by atoms with E-state index in [4.69, 9.17) is 19.1 Å². The average molecular weight is 733 g/mol. The Bertz CT molecular complexity index is 966. The summed E-state index contributed by atoms with van der Waals surface area (Å²) in [4.78, 5) is 46.5. The van der Waals surface area contributed by atoms with Gasteiger partial charge in [-0.2, -0.15) is 0 Å². The third-order valence-electron chi connectivity index (χ3n) is 8.01. The smallest absolute Gasteiger partial charge is 0.462 e. The number of esters is 2. The molecule has 3 N–H and O–H groups in total. The van der Waals surface area contributed by atoms with E-state index >= 15 is 0 Å². The number of carbonyl (C=O) groups excluding carboxylic acids is 3. The molecule has 0 spiro atoms. The molecule has 0 aromatic rings. The Kier molecular flexibility index (Phi) is 31.7. The van der Waals surface area contributed by atoms with Crippen molar-refractivity contribution in [3.8, 4) is 0 Å². The van der Waals surface area contributed by atoms with Crippen LogP contribution in [0.3, 0.4) is 0 Å². The summed E-state index contributed by atoms with van der Waals surface area (Å²) in [6, 6.07) is 0. The lowest BCUT2D eigenvalue weighted by Crippen LogP contribution is -2.29. The monoisotopic (exact) mass is 732 g/mol. The van der Waals surface area contributed by atoms with E-state index in [-0.39, 0.29) is 25.2 Å². The fourth-order valence-corrected chi connectivity index (χ4v) is 5.77. The number of unbranched alkanes of at least 4 members (excludes halogenated alkanes) is 14. The Morgan fingerprint density at radius 1 is 0.700 bits per heavy atom. The van der Waals surface area contributed by atoms with Gasteiger partial charge in [-0.1, -0.05) is 122 Å². The molecular formula is C38H69O11P. The molecule has 0 fully saturated rings. The maximum atomic E-state index is 12.5. The summed E-state index contributed by atoms with van der Waals surface area (Å²) in [6.45, 7) is 4.42. The lowest BCUT2D eigenvalue weighted by molar-refractivity contribution is -0.161. The summed E-state index contributed by atoms with van der Waals surface area (Å²) in [5.74, 6) is -0.0737. The molecule has 0 radical (unpaired) electrons. The molecule has 1 unspecified atom stereocenters. The number of hydrogen-bond donors (Lipinski definition) is 3. The van der Waals surface area contributed by atoms with Crippen LogP contribution in [0.1, 0.15) is 156 Å². The fourth-order valence-electron chi connectivity index (χ4n) is 4.98. The van der Waals surface area contributed by atoms with Crippen LogP contribution in [0.5, 0.6) is 0 Å². The van der Waals surface area contributed by atoms with E-state index in [0.717, 1.165) is 76.5 Å². The number of allylic oxidation sites excluding steroid dienone is 4. The van der Waals surface area contributed by atoms with Crippen LogP contribution >= 0.6 is 7.82 Å². The number of phosphoric acid groups is 1. The predicted molar refractivity (Wildman–Crippen MR) is 196 cm³/mol. The van der Waals surface area contributed by atoms with Crippen LogP contribution in [0.15, 0.2) is 24.3 Å². The average Bonchev–Trinajstić information content (AvgIpc) is 3.08. The fraction of sp³-hybridized carbons (Fsp3) is 0.816. The Morgan fingerprint density at radius 2 is 1.26 bits per heavy atom. The van der Waals surface area contributed by atoms with Gasteiger partial charge >= 0.3 is 19.8 Å². The van der Waals surface area contributed by atoms with Gasteiger partial charge in [0.25, 0.3) is 0 Å². The van der Waals surface area contributed by atoms with E-state index in [1.165, 1.54) is 32.1 Å². The first-order valence-electron chi connectivity index (χ1n) is 19.1. The molecule has 0 saturated heterocycles. The largest absolute Gasteiger partial charge is 0.472 e. The number of aliphatic hydroxyl groups excluding tert-OH is 2. The molecule has 0 aliphatic heterocycles. The van der Waals surface area contributed by atoms with Crippen molar-refractivity contribution >= 4 is 25.5 Å². The number of ether oxygens (including phenoxy) is 2. The Balaban J connectivity index is 4.42. The van der Waals surface area contributed by atoms with Crippen LogP contribution < -0.4 is 0 Å². The lowest BCUT2D eigenvalue weighted by atomic mass is 10.0. The van der Waals surface area contributed by atoms with Gasteiger partial charge in [-0.3, -0.25) is 23.4 Å². The molecule has 0 bridgehead atoms. The van der Waals surface area contributed by atoms with Crippen molar-refractivity contribution in [2.75, 3.05) is 26.4 Å². The molecule has 292 valence electrons. The number of aliphatic hydroxyl groups is 2. The van der Waals surface area contributed by atoms with Crippen molar-refractivity contribution in [3.05, 3.63) is 24.3 Å². The van der Waals surface area contributed by atoms with Gasteiger partial charge in [-0.15, -0.1) is 0 Å². The first-order chi connectivity index (χ1) is 24.0. The minimum atomic E-state index is -4.63. The molecule has 0 saturated carbocycles. The van der Waals surface area contributed by atoms with E-state index in [0.29, 0.717) is 19.3 Å². The second-order valence-corrected chi connectivity index (χ2v) is 14.9. The van der Waals surface area contributed by atoms with Crippen LogP contribution in [0, 0.1) is 5.92 Å². The van der Waals surface area contributed by atoms with Crippen molar-refractivity contribution in [1.82, 2.24) is 0 Å². The lowest BCUT2D eigenvalue weighted by Gasteiger charge is -2.20. The maximum absolute atomic E-state index is 12.5. The highest BCUT2D eigenvalue weighted by Crippen LogP contribution is 2.43. The summed E-state index contributed by atoms with van der Waals surface area (Å²) in [5.41, 5.74) is 0. The van der Waals surface area contributed by atoms with Gasteiger partial charge in [0.05, 0.1) is 19.8 Å². The molecule has 50 heavy (non-hydrogen) atoms. The van der Waals surface area contributed by atoms with Crippen molar-refractivity contribution in [1.29, 1.82) is 0 Å². The van der Waals surface area contributed by atoms with Crippen LogP contribution in [0.2, 0.25) is 0 Å². The van der Waals surface area contributed by atoms with Gasteiger partial charge < -0.3 is 24.6 Å². The standard InChI is InChI=1S/C38H69O11P/c1-4-5-19-25-34(40)26-21-16-12-7-6-8-13-17-22-27-37(42)46-31-36(32-48-50(44,45)47-30-35(41)29-39)49-38(43)28-23-18-14-10-9-11-15-20-24-33(2)3/h12,16,21,26,33,35-36,39,41H,4-11,13-15,17-20,22-25,27-32H2,1-3H3,(H,44,45)/b16-12-,26-21+/t35-,36+/m0/s1. The van der Waals surface area contributed by atoms with E-state index in [2.05, 4.69) is 31.4 Å². The molecule has 0 aliphatic rings. The van der Waals surface area contributed by atoms with Gasteiger partial charge in [-0.25, -0.2) is 4.57 Å². The number of rotatable bonds is 35. The number of carbonyl (C=O) groups is 3. The minimum Gasteiger partial charge on any atom is -0.462 e. The maximum Gasteiger partial charge on any atom is 0.472 e. The van der Waals surface area contributed by atoms with Gasteiger partial charge in [0, 0.05) is 19.3 Å². The minimum absolute atomic E-state index is 0.165. The van der Waals surface area contributed by atoms with E-state index in [1.807, 2.05) is 6.08 Å². The van der Waals surface area contributed by atoms with Gasteiger partial charge in [0.2, 0.25) is 0 Å². The topological polar surface area (TPSA) is 166 Å².